The van der Waals surface area contributed by atoms with Crippen molar-refractivity contribution >= 4 is 46.4 Å². The van der Waals surface area contributed by atoms with Gasteiger partial charge in [0.05, 0.1) is 5.02 Å². The first-order valence-corrected chi connectivity index (χ1v) is 6.86. The maximum absolute atomic E-state index is 12.1. The molecule has 0 unspecified atom stereocenters. The van der Waals surface area contributed by atoms with Crippen LogP contribution in [-0.4, -0.2) is 16.8 Å². The zero-order valence-electron chi connectivity index (χ0n) is 11.4. The molecule has 21 heavy (non-hydrogen) atoms. The summed E-state index contributed by atoms with van der Waals surface area (Å²) in [6, 6.07) is 6.67. The first-order valence-electron chi connectivity index (χ1n) is 6.10. The topological polar surface area (TPSA) is 74.0 Å². The zero-order chi connectivity index (χ0) is 15.6. The number of aromatic nitrogens is 1. The second-order valence-electron chi connectivity index (χ2n) is 4.51. The number of carbonyl (C=O) groups excluding carboxylic acids is 2. The van der Waals surface area contributed by atoms with E-state index >= 15 is 0 Å². The Morgan fingerprint density at radius 3 is 2.43 bits per heavy atom. The number of H-pyrrole nitrogens is 1. The third-order valence-corrected chi connectivity index (χ3v) is 3.47. The lowest BCUT2D eigenvalue weighted by atomic mass is 10.1. The number of benzene rings is 1. The van der Waals surface area contributed by atoms with E-state index in [4.69, 9.17) is 23.2 Å². The van der Waals surface area contributed by atoms with E-state index in [1.165, 1.54) is 13.0 Å². The van der Waals surface area contributed by atoms with Crippen LogP contribution in [0.25, 0.3) is 0 Å². The molecule has 0 atom stereocenters. The molecule has 2 aromatic rings. The SMILES string of the molecule is CC(=O)Nc1cc(NC(=O)c2cc(Cl)c(Cl)[nH]2)ccc1C. The number of carbonyl (C=O) groups is 2. The molecule has 2 rings (SSSR count). The summed E-state index contributed by atoms with van der Waals surface area (Å²) in [7, 11) is 0. The van der Waals surface area contributed by atoms with Crippen LogP contribution in [-0.2, 0) is 4.79 Å². The summed E-state index contributed by atoms with van der Waals surface area (Å²) >= 11 is 11.6. The van der Waals surface area contributed by atoms with E-state index in [1.54, 1.807) is 18.2 Å². The van der Waals surface area contributed by atoms with Crippen LogP contribution in [0.5, 0.6) is 0 Å². The average Bonchev–Trinajstić information content (AvgIpc) is 2.73. The second kappa shape index (κ2) is 6.20. The van der Waals surface area contributed by atoms with Crippen molar-refractivity contribution in [3.63, 3.8) is 0 Å². The van der Waals surface area contributed by atoms with Gasteiger partial charge in [0.2, 0.25) is 5.91 Å². The molecule has 2 amide bonds. The Morgan fingerprint density at radius 2 is 1.86 bits per heavy atom. The fourth-order valence-electron chi connectivity index (χ4n) is 1.75. The summed E-state index contributed by atoms with van der Waals surface area (Å²) in [5.41, 5.74) is 2.35. The lowest BCUT2D eigenvalue weighted by molar-refractivity contribution is -0.114. The average molecular weight is 326 g/mol. The van der Waals surface area contributed by atoms with Gasteiger partial charge in [0.25, 0.3) is 5.91 Å². The summed E-state index contributed by atoms with van der Waals surface area (Å²) in [4.78, 5) is 25.9. The van der Waals surface area contributed by atoms with Gasteiger partial charge in [-0.05, 0) is 30.7 Å². The Morgan fingerprint density at radius 1 is 1.14 bits per heavy atom. The summed E-state index contributed by atoms with van der Waals surface area (Å²) < 4.78 is 0. The summed E-state index contributed by atoms with van der Waals surface area (Å²) in [5, 5.41) is 5.90. The predicted octanol–water partition coefficient (Wildman–Crippen LogP) is 3.84. The monoisotopic (exact) mass is 325 g/mol. The predicted molar refractivity (Wildman–Crippen MR) is 84.2 cm³/mol. The molecule has 0 spiro atoms. The molecule has 7 heteroatoms. The largest absolute Gasteiger partial charge is 0.340 e. The highest BCUT2D eigenvalue weighted by Crippen LogP contribution is 2.24. The van der Waals surface area contributed by atoms with E-state index < -0.39 is 0 Å². The second-order valence-corrected chi connectivity index (χ2v) is 5.30. The highest BCUT2D eigenvalue weighted by atomic mass is 35.5. The molecule has 0 saturated heterocycles. The van der Waals surface area contributed by atoms with E-state index in [2.05, 4.69) is 15.6 Å². The Bertz CT molecular complexity index is 691. The molecule has 1 aromatic carbocycles. The minimum atomic E-state index is -0.374. The van der Waals surface area contributed by atoms with Gasteiger partial charge in [-0.2, -0.15) is 0 Å². The highest BCUT2D eigenvalue weighted by Gasteiger charge is 2.12. The maximum Gasteiger partial charge on any atom is 0.272 e. The van der Waals surface area contributed by atoms with Gasteiger partial charge in [0.15, 0.2) is 0 Å². The van der Waals surface area contributed by atoms with Crippen molar-refractivity contribution < 1.29 is 9.59 Å². The minimum absolute atomic E-state index is 0.176. The molecule has 3 N–H and O–H groups in total. The third-order valence-electron chi connectivity index (χ3n) is 2.78. The van der Waals surface area contributed by atoms with E-state index in [9.17, 15) is 9.59 Å². The molecule has 5 nitrogen and oxygen atoms in total. The molecule has 1 heterocycles. The quantitative estimate of drug-likeness (QED) is 0.802. The normalized spacial score (nSPS) is 10.3. The molecular formula is C14H13Cl2N3O2. The number of aromatic amines is 1. The van der Waals surface area contributed by atoms with E-state index in [0.717, 1.165) is 5.56 Å². The van der Waals surface area contributed by atoms with Gasteiger partial charge < -0.3 is 15.6 Å². The first kappa shape index (κ1) is 15.4. The van der Waals surface area contributed by atoms with Crippen LogP contribution < -0.4 is 10.6 Å². The number of amides is 2. The maximum atomic E-state index is 12.1. The van der Waals surface area contributed by atoms with Gasteiger partial charge in [-0.25, -0.2) is 0 Å². The Hall–Kier alpha value is -1.98. The molecule has 0 fully saturated rings. The molecule has 0 bridgehead atoms. The molecule has 110 valence electrons. The summed E-state index contributed by atoms with van der Waals surface area (Å²) in [6.45, 7) is 3.29. The van der Waals surface area contributed by atoms with Crippen molar-refractivity contribution in [1.82, 2.24) is 4.98 Å². The molecule has 0 aliphatic rings. The van der Waals surface area contributed by atoms with Gasteiger partial charge in [0, 0.05) is 18.3 Å². The van der Waals surface area contributed by atoms with Crippen molar-refractivity contribution in [3.8, 4) is 0 Å². The van der Waals surface area contributed by atoms with Crippen LogP contribution in [0.3, 0.4) is 0 Å². The van der Waals surface area contributed by atoms with E-state index in [1.807, 2.05) is 6.92 Å². The fraction of sp³-hybridized carbons (Fsp3) is 0.143. The van der Waals surface area contributed by atoms with Crippen molar-refractivity contribution in [3.05, 3.63) is 45.7 Å². The standard InChI is InChI=1S/C14H13Cl2N3O2/c1-7-3-4-9(5-11(7)17-8(2)20)18-14(21)12-6-10(15)13(16)19-12/h3-6,19H,1-2H3,(H,17,20)(H,18,21). The van der Waals surface area contributed by atoms with Crippen molar-refractivity contribution in [1.29, 1.82) is 0 Å². The molecule has 0 aliphatic heterocycles. The Kier molecular flexibility index (Phi) is 4.55. The van der Waals surface area contributed by atoms with E-state index in [0.29, 0.717) is 11.4 Å². The van der Waals surface area contributed by atoms with Crippen LogP contribution >= 0.6 is 23.2 Å². The fourth-order valence-corrected chi connectivity index (χ4v) is 2.06. The smallest absolute Gasteiger partial charge is 0.272 e. The van der Waals surface area contributed by atoms with Gasteiger partial charge in [-0.1, -0.05) is 29.3 Å². The summed E-state index contributed by atoms with van der Waals surface area (Å²) in [6.07, 6.45) is 0. The van der Waals surface area contributed by atoms with Crippen molar-refractivity contribution in [2.24, 2.45) is 0 Å². The lowest BCUT2D eigenvalue weighted by Crippen LogP contribution is -2.13. The molecule has 0 radical (unpaired) electrons. The van der Waals surface area contributed by atoms with Gasteiger partial charge in [-0.15, -0.1) is 0 Å². The van der Waals surface area contributed by atoms with E-state index in [-0.39, 0.29) is 27.7 Å². The Balaban J connectivity index is 2.19. The van der Waals surface area contributed by atoms with Crippen LogP contribution in [0.2, 0.25) is 10.2 Å². The zero-order valence-corrected chi connectivity index (χ0v) is 12.9. The third kappa shape index (κ3) is 3.77. The molecule has 0 aliphatic carbocycles. The number of rotatable bonds is 3. The lowest BCUT2D eigenvalue weighted by Gasteiger charge is -2.10. The van der Waals surface area contributed by atoms with Crippen molar-refractivity contribution in [2.75, 3.05) is 10.6 Å². The van der Waals surface area contributed by atoms with Crippen molar-refractivity contribution in [2.45, 2.75) is 13.8 Å². The van der Waals surface area contributed by atoms with Crippen LogP contribution in [0, 0.1) is 6.92 Å². The number of hydrogen-bond acceptors (Lipinski definition) is 2. The van der Waals surface area contributed by atoms with Gasteiger partial charge >= 0.3 is 0 Å². The van der Waals surface area contributed by atoms with Crippen LogP contribution in [0.1, 0.15) is 23.0 Å². The number of nitrogens with one attached hydrogen (secondary N) is 3. The van der Waals surface area contributed by atoms with Gasteiger partial charge in [0.1, 0.15) is 10.8 Å². The molecular weight excluding hydrogens is 313 g/mol. The molecule has 1 aromatic heterocycles. The number of hydrogen-bond donors (Lipinski definition) is 3. The van der Waals surface area contributed by atoms with Gasteiger partial charge in [-0.3, -0.25) is 9.59 Å². The first-order chi connectivity index (χ1) is 9.86. The Labute approximate surface area is 131 Å². The van der Waals surface area contributed by atoms with Crippen LogP contribution in [0.4, 0.5) is 11.4 Å². The highest BCUT2D eigenvalue weighted by molar-refractivity contribution is 6.41. The minimum Gasteiger partial charge on any atom is -0.340 e. The van der Waals surface area contributed by atoms with Crippen LogP contribution in [0.15, 0.2) is 24.3 Å². The number of halogens is 2. The molecule has 0 saturated carbocycles. The number of anilines is 2. The number of aryl methyl sites for hydroxylation is 1. The summed E-state index contributed by atoms with van der Waals surface area (Å²) in [5.74, 6) is -0.550.